The number of phenolic OH excluding ortho intramolecular Hbond substituents is 1. The summed E-state index contributed by atoms with van der Waals surface area (Å²) in [6.07, 6.45) is -0.946. The Balaban J connectivity index is 1.70. The summed E-state index contributed by atoms with van der Waals surface area (Å²) in [4.78, 5) is 35.3. The fourth-order valence-corrected chi connectivity index (χ4v) is 5.54. The van der Waals surface area contributed by atoms with E-state index in [2.05, 4.69) is 41.5 Å². The van der Waals surface area contributed by atoms with Gasteiger partial charge in [-0.1, -0.05) is 71.9 Å². The molecule has 2 fully saturated rings. The number of benzene rings is 3. The van der Waals surface area contributed by atoms with E-state index in [9.17, 15) is 14.7 Å². The second-order valence-corrected chi connectivity index (χ2v) is 12.5. The third-order valence-corrected chi connectivity index (χ3v) is 7.48. The van der Waals surface area contributed by atoms with Crippen LogP contribution in [0, 0.1) is 12.8 Å². The van der Waals surface area contributed by atoms with Gasteiger partial charge in [0.25, 0.3) is 5.91 Å². The van der Waals surface area contributed by atoms with Crippen LogP contribution in [0.1, 0.15) is 69.8 Å². The Morgan fingerprint density at radius 1 is 0.763 bits per heavy atom. The van der Waals surface area contributed by atoms with E-state index in [1.165, 1.54) is 4.90 Å². The highest BCUT2D eigenvalue weighted by Crippen LogP contribution is 2.50. The molecule has 0 bridgehead atoms. The lowest BCUT2D eigenvalue weighted by Crippen LogP contribution is -2.37. The number of hydrogen-bond acceptors (Lipinski definition) is 5. The second kappa shape index (κ2) is 8.98. The molecule has 2 aliphatic rings. The molecule has 2 heterocycles. The molecule has 0 saturated carbocycles. The molecule has 0 aromatic heterocycles. The minimum absolute atomic E-state index is 0.269. The van der Waals surface area contributed by atoms with Gasteiger partial charge in [-0.05, 0) is 76.4 Å². The van der Waals surface area contributed by atoms with Crippen LogP contribution in [0.25, 0.3) is 0 Å². The molecule has 6 nitrogen and oxygen atoms in total. The van der Waals surface area contributed by atoms with E-state index in [1.54, 1.807) is 11.1 Å². The molecule has 2 aliphatic heterocycles. The number of nitrogens with zero attached hydrogens (tertiary/aromatic N) is 2. The van der Waals surface area contributed by atoms with Crippen molar-refractivity contribution in [1.82, 2.24) is 0 Å². The van der Waals surface area contributed by atoms with Gasteiger partial charge in [0, 0.05) is 0 Å². The van der Waals surface area contributed by atoms with Gasteiger partial charge in [0.15, 0.2) is 6.10 Å². The Bertz CT molecular complexity index is 1370. The van der Waals surface area contributed by atoms with Crippen LogP contribution >= 0.6 is 0 Å². The highest BCUT2D eigenvalue weighted by Gasteiger charge is 2.60. The molecule has 0 aliphatic carbocycles. The quantitative estimate of drug-likeness (QED) is 0.414. The van der Waals surface area contributed by atoms with Gasteiger partial charge < -0.3 is 5.11 Å². The fraction of sp³-hybridized carbons (Fsp3) is 0.375. The Hall–Kier alpha value is -3.64. The number of fused-ring (bicyclic) bond motifs is 1. The largest absolute Gasteiger partial charge is 0.507 e. The van der Waals surface area contributed by atoms with Crippen molar-refractivity contribution in [3.63, 3.8) is 0 Å². The highest BCUT2D eigenvalue weighted by molar-refractivity contribution is 6.24. The van der Waals surface area contributed by atoms with E-state index in [-0.39, 0.29) is 28.4 Å². The number of rotatable bonds is 3. The zero-order valence-electron chi connectivity index (χ0n) is 23.1. The molecule has 1 N–H and O–H groups in total. The van der Waals surface area contributed by atoms with Crippen molar-refractivity contribution in [2.75, 3.05) is 9.96 Å². The molecule has 5 rings (SSSR count). The summed E-state index contributed by atoms with van der Waals surface area (Å²) in [6.45, 7) is 14.3. The van der Waals surface area contributed by atoms with Crippen molar-refractivity contribution < 1.29 is 19.5 Å². The third-order valence-electron chi connectivity index (χ3n) is 7.48. The van der Waals surface area contributed by atoms with Gasteiger partial charge in [0.2, 0.25) is 5.91 Å². The number of hydroxylamine groups is 1. The van der Waals surface area contributed by atoms with Gasteiger partial charge in [0.1, 0.15) is 11.7 Å². The third kappa shape index (κ3) is 4.27. The molecule has 2 saturated heterocycles. The van der Waals surface area contributed by atoms with Gasteiger partial charge in [-0.3, -0.25) is 14.4 Å². The number of aryl methyl sites for hydroxylation is 1. The molecule has 0 spiro atoms. The van der Waals surface area contributed by atoms with E-state index < -0.39 is 18.1 Å². The zero-order valence-corrected chi connectivity index (χ0v) is 23.1. The van der Waals surface area contributed by atoms with Crippen LogP contribution in [0.5, 0.6) is 5.75 Å². The van der Waals surface area contributed by atoms with Crippen molar-refractivity contribution >= 4 is 23.2 Å². The fourth-order valence-electron chi connectivity index (χ4n) is 5.54. The summed E-state index contributed by atoms with van der Waals surface area (Å²) in [5, 5.41) is 13.0. The molecule has 3 atom stereocenters. The lowest BCUT2D eigenvalue weighted by Gasteiger charge is -2.33. The number of aromatic hydroxyl groups is 1. The average Bonchev–Trinajstić information content (AvgIpc) is 3.34. The minimum Gasteiger partial charge on any atom is -0.507 e. The van der Waals surface area contributed by atoms with E-state index >= 15 is 0 Å². The van der Waals surface area contributed by atoms with Gasteiger partial charge in [0.05, 0.1) is 17.4 Å². The van der Waals surface area contributed by atoms with Crippen LogP contribution in [-0.2, 0) is 25.3 Å². The molecule has 3 aromatic carbocycles. The van der Waals surface area contributed by atoms with Gasteiger partial charge >= 0.3 is 0 Å². The standard InChI is InChI=1S/C32H36N2O4/c1-19-12-11-15-22(16-19)33-29(36)25-26(34(38-28(25)30(33)37)21-13-9-8-10-14-21)20-17-23(31(2,3)4)27(35)24(18-20)32(5,6)7/h8-18,25-26,28,35H,1-7H3/t25-,26+,28-/m1/s1. The van der Waals surface area contributed by atoms with Crippen LogP contribution in [0.2, 0.25) is 0 Å². The number of anilines is 2. The second-order valence-electron chi connectivity index (χ2n) is 12.5. The van der Waals surface area contributed by atoms with E-state index in [0.717, 1.165) is 27.9 Å². The first-order valence-corrected chi connectivity index (χ1v) is 13.1. The first kappa shape index (κ1) is 26.0. The Morgan fingerprint density at radius 2 is 1.34 bits per heavy atom. The summed E-state index contributed by atoms with van der Waals surface area (Å²) in [5.41, 5.74) is 4.01. The number of carbonyl (C=O) groups is 2. The summed E-state index contributed by atoms with van der Waals surface area (Å²) in [5.74, 6) is -1.12. The molecule has 6 heteroatoms. The predicted octanol–water partition coefficient (Wildman–Crippen LogP) is 6.35. The summed E-state index contributed by atoms with van der Waals surface area (Å²) < 4.78 is 0. The molecular weight excluding hydrogens is 476 g/mol. The first-order chi connectivity index (χ1) is 17.8. The summed E-state index contributed by atoms with van der Waals surface area (Å²) >= 11 is 0. The minimum atomic E-state index is -0.946. The predicted molar refractivity (Wildman–Crippen MR) is 149 cm³/mol. The van der Waals surface area contributed by atoms with Crippen molar-refractivity contribution in [2.24, 2.45) is 5.92 Å². The lowest BCUT2D eigenvalue weighted by atomic mass is 9.76. The molecule has 2 amide bonds. The van der Waals surface area contributed by atoms with E-state index in [0.29, 0.717) is 5.69 Å². The number of amides is 2. The summed E-state index contributed by atoms with van der Waals surface area (Å²) in [6, 6.07) is 20.4. The summed E-state index contributed by atoms with van der Waals surface area (Å²) in [7, 11) is 0. The topological polar surface area (TPSA) is 70.1 Å². The smallest absolute Gasteiger partial charge is 0.266 e. The zero-order chi connectivity index (χ0) is 27.6. The van der Waals surface area contributed by atoms with E-state index in [4.69, 9.17) is 4.84 Å². The molecule has 0 unspecified atom stereocenters. The molecule has 0 radical (unpaired) electrons. The monoisotopic (exact) mass is 512 g/mol. The van der Waals surface area contributed by atoms with Crippen LogP contribution in [0.4, 0.5) is 11.4 Å². The van der Waals surface area contributed by atoms with Crippen LogP contribution < -0.4 is 9.96 Å². The van der Waals surface area contributed by atoms with E-state index in [1.807, 2.05) is 67.6 Å². The number of para-hydroxylation sites is 1. The Kier molecular flexibility index (Phi) is 6.14. The maximum atomic E-state index is 14.0. The molecule has 3 aromatic rings. The number of imide groups is 1. The first-order valence-electron chi connectivity index (χ1n) is 13.1. The van der Waals surface area contributed by atoms with Crippen molar-refractivity contribution in [3.8, 4) is 5.75 Å². The Morgan fingerprint density at radius 3 is 1.89 bits per heavy atom. The number of carbonyl (C=O) groups excluding carboxylic acids is 2. The average molecular weight is 513 g/mol. The maximum Gasteiger partial charge on any atom is 0.266 e. The maximum absolute atomic E-state index is 14.0. The Labute approximate surface area is 224 Å². The van der Waals surface area contributed by atoms with Gasteiger partial charge in [-0.25, -0.2) is 9.96 Å². The van der Waals surface area contributed by atoms with Crippen LogP contribution in [-0.4, -0.2) is 23.0 Å². The normalized spacial score (nSPS) is 21.8. The molecular formula is C32H36N2O4. The SMILES string of the molecule is Cc1cccc(N2C(=O)[C@H]3[C@@H](ON(c4ccccc4)[C@H]3c3cc(C(C)(C)C)c(O)c(C(C)(C)C)c3)C2=O)c1. The number of phenols is 1. The highest BCUT2D eigenvalue weighted by atomic mass is 16.7. The number of hydrogen-bond donors (Lipinski definition) is 1. The van der Waals surface area contributed by atoms with Crippen LogP contribution in [0.15, 0.2) is 66.7 Å². The van der Waals surface area contributed by atoms with Crippen LogP contribution in [0.3, 0.4) is 0 Å². The van der Waals surface area contributed by atoms with Gasteiger partial charge in [-0.2, -0.15) is 0 Å². The molecule has 198 valence electrons. The molecule has 38 heavy (non-hydrogen) atoms. The van der Waals surface area contributed by atoms with Crippen molar-refractivity contribution in [2.45, 2.75) is 71.4 Å². The lowest BCUT2D eigenvalue weighted by molar-refractivity contribution is -0.126. The van der Waals surface area contributed by atoms with Crippen molar-refractivity contribution in [3.05, 3.63) is 89.0 Å². The van der Waals surface area contributed by atoms with Gasteiger partial charge in [-0.15, -0.1) is 0 Å². The van der Waals surface area contributed by atoms with Crippen molar-refractivity contribution in [1.29, 1.82) is 0 Å².